The van der Waals surface area contributed by atoms with Crippen molar-refractivity contribution in [1.82, 2.24) is 0 Å². The summed E-state index contributed by atoms with van der Waals surface area (Å²) < 4.78 is 10.7. The highest BCUT2D eigenvalue weighted by atomic mass is 16.5. The van der Waals surface area contributed by atoms with E-state index in [9.17, 15) is 0 Å². The van der Waals surface area contributed by atoms with E-state index in [1.807, 2.05) is 0 Å². The Labute approximate surface area is 73.7 Å². The first-order valence-corrected chi connectivity index (χ1v) is 4.66. The van der Waals surface area contributed by atoms with E-state index in [0.717, 1.165) is 19.4 Å². The van der Waals surface area contributed by atoms with Gasteiger partial charge in [-0.05, 0) is 26.2 Å². The van der Waals surface area contributed by atoms with Crippen LogP contribution in [0.3, 0.4) is 0 Å². The highest BCUT2D eigenvalue weighted by Crippen LogP contribution is 2.11. The van der Waals surface area contributed by atoms with Gasteiger partial charge in [-0.15, -0.1) is 0 Å². The van der Waals surface area contributed by atoms with Crippen LogP contribution in [-0.4, -0.2) is 37.1 Å². The van der Waals surface area contributed by atoms with Gasteiger partial charge in [-0.25, -0.2) is 0 Å². The molecule has 0 radical (unpaired) electrons. The number of aliphatic hydroxyl groups is 1. The quantitative estimate of drug-likeness (QED) is 0.631. The molecule has 0 aromatic rings. The van der Waals surface area contributed by atoms with E-state index >= 15 is 0 Å². The number of hydrogen-bond donors (Lipinski definition) is 1. The second kappa shape index (κ2) is 5.51. The largest absolute Gasteiger partial charge is 0.393 e. The second-order valence-corrected chi connectivity index (χ2v) is 3.35. The molecule has 2 unspecified atom stereocenters. The zero-order chi connectivity index (χ0) is 8.81. The lowest BCUT2D eigenvalue weighted by Gasteiger charge is -2.10. The van der Waals surface area contributed by atoms with Crippen molar-refractivity contribution in [3.05, 3.63) is 0 Å². The van der Waals surface area contributed by atoms with Gasteiger partial charge in [-0.2, -0.15) is 0 Å². The minimum absolute atomic E-state index is 0.255. The maximum absolute atomic E-state index is 8.93. The normalized spacial score (nSPS) is 26.0. The zero-order valence-electron chi connectivity index (χ0n) is 7.66. The van der Waals surface area contributed by atoms with Crippen LogP contribution in [0.4, 0.5) is 0 Å². The number of rotatable bonds is 5. The molecular weight excluding hydrogens is 156 g/mol. The summed E-state index contributed by atoms with van der Waals surface area (Å²) >= 11 is 0. The molecule has 12 heavy (non-hydrogen) atoms. The van der Waals surface area contributed by atoms with Gasteiger partial charge < -0.3 is 14.6 Å². The van der Waals surface area contributed by atoms with Crippen molar-refractivity contribution in [3.63, 3.8) is 0 Å². The third-order valence-electron chi connectivity index (χ3n) is 2.01. The molecule has 1 saturated heterocycles. The molecule has 1 N–H and O–H groups in total. The number of ether oxygens (including phenoxy) is 2. The zero-order valence-corrected chi connectivity index (χ0v) is 7.66. The van der Waals surface area contributed by atoms with Crippen LogP contribution in [0.25, 0.3) is 0 Å². The summed E-state index contributed by atoms with van der Waals surface area (Å²) in [5.41, 5.74) is 0. The van der Waals surface area contributed by atoms with Gasteiger partial charge in [0.05, 0.1) is 18.8 Å². The minimum atomic E-state index is -0.255. The summed E-state index contributed by atoms with van der Waals surface area (Å²) in [5, 5.41) is 8.93. The van der Waals surface area contributed by atoms with Crippen molar-refractivity contribution in [2.24, 2.45) is 0 Å². The molecule has 3 heteroatoms. The SMILES string of the molecule is CC(O)CCOCC1CCCO1. The van der Waals surface area contributed by atoms with Crippen LogP contribution in [0.1, 0.15) is 26.2 Å². The van der Waals surface area contributed by atoms with Crippen molar-refractivity contribution < 1.29 is 14.6 Å². The molecule has 0 bridgehead atoms. The van der Waals surface area contributed by atoms with Crippen LogP contribution in [0.5, 0.6) is 0 Å². The number of aliphatic hydroxyl groups excluding tert-OH is 1. The lowest BCUT2D eigenvalue weighted by atomic mass is 10.2. The Morgan fingerprint density at radius 1 is 1.67 bits per heavy atom. The Morgan fingerprint density at radius 2 is 2.50 bits per heavy atom. The highest BCUT2D eigenvalue weighted by Gasteiger charge is 2.14. The minimum Gasteiger partial charge on any atom is -0.393 e. The van der Waals surface area contributed by atoms with E-state index in [1.54, 1.807) is 6.92 Å². The molecule has 0 spiro atoms. The average molecular weight is 174 g/mol. The maximum Gasteiger partial charge on any atom is 0.0809 e. The van der Waals surface area contributed by atoms with E-state index < -0.39 is 0 Å². The molecule has 1 heterocycles. The summed E-state index contributed by atoms with van der Waals surface area (Å²) in [6.07, 6.45) is 3.04. The van der Waals surface area contributed by atoms with Gasteiger partial charge in [-0.3, -0.25) is 0 Å². The number of hydrogen-bond acceptors (Lipinski definition) is 3. The van der Waals surface area contributed by atoms with Gasteiger partial charge in [0.1, 0.15) is 0 Å². The lowest BCUT2D eigenvalue weighted by molar-refractivity contribution is 0.00782. The molecule has 0 saturated carbocycles. The van der Waals surface area contributed by atoms with Crippen molar-refractivity contribution in [1.29, 1.82) is 0 Å². The molecule has 0 aliphatic carbocycles. The fourth-order valence-electron chi connectivity index (χ4n) is 1.24. The van der Waals surface area contributed by atoms with E-state index in [-0.39, 0.29) is 6.10 Å². The summed E-state index contributed by atoms with van der Waals surface area (Å²) in [4.78, 5) is 0. The molecule has 1 fully saturated rings. The van der Waals surface area contributed by atoms with Crippen LogP contribution in [-0.2, 0) is 9.47 Å². The van der Waals surface area contributed by atoms with Crippen molar-refractivity contribution >= 4 is 0 Å². The Kier molecular flexibility index (Phi) is 4.58. The lowest BCUT2D eigenvalue weighted by Crippen LogP contribution is -2.16. The maximum atomic E-state index is 8.93. The third-order valence-corrected chi connectivity index (χ3v) is 2.01. The molecular formula is C9H18O3. The first kappa shape index (κ1) is 9.96. The molecule has 0 amide bonds. The Bertz CT molecular complexity index is 108. The standard InChI is InChI=1S/C9H18O3/c1-8(10)4-6-11-7-9-3-2-5-12-9/h8-10H,2-7H2,1H3. The van der Waals surface area contributed by atoms with Crippen LogP contribution in [0, 0.1) is 0 Å². The molecule has 1 aliphatic heterocycles. The van der Waals surface area contributed by atoms with E-state index in [4.69, 9.17) is 14.6 Å². The van der Waals surface area contributed by atoms with Crippen LogP contribution >= 0.6 is 0 Å². The van der Waals surface area contributed by atoms with Crippen LogP contribution in [0.15, 0.2) is 0 Å². The third kappa shape index (κ3) is 4.04. The van der Waals surface area contributed by atoms with Gasteiger partial charge >= 0.3 is 0 Å². The summed E-state index contributed by atoms with van der Waals surface area (Å²) in [6.45, 7) is 3.98. The van der Waals surface area contributed by atoms with Gasteiger partial charge in [0.2, 0.25) is 0 Å². The van der Waals surface area contributed by atoms with E-state index in [2.05, 4.69) is 0 Å². The smallest absolute Gasteiger partial charge is 0.0809 e. The molecule has 1 aliphatic rings. The van der Waals surface area contributed by atoms with Crippen LogP contribution in [0.2, 0.25) is 0 Å². The Morgan fingerprint density at radius 3 is 3.08 bits per heavy atom. The average Bonchev–Trinajstić information content (AvgIpc) is 2.49. The topological polar surface area (TPSA) is 38.7 Å². The second-order valence-electron chi connectivity index (χ2n) is 3.35. The Balaban J connectivity index is 1.88. The first-order valence-electron chi connectivity index (χ1n) is 4.66. The van der Waals surface area contributed by atoms with Gasteiger partial charge in [0.15, 0.2) is 0 Å². The summed E-state index contributed by atoms with van der Waals surface area (Å²) in [6, 6.07) is 0. The monoisotopic (exact) mass is 174 g/mol. The summed E-state index contributed by atoms with van der Waals surface area (Å²) in [5.74, 6) is 0. The Hall–Kier alpha value is -0.120. The fourth-order valence-corrected chi connectivity index (χ4v) is 1.24. The van der Waals surface area contributed by atoms with Gasteiger partial charge in [0.25, 0.3) is 0 Å². The predicted molar refractivity (Wildman–Crippen MR) is 46.1 cm³/mol. The van der Waals surface area contributed by atoms with Gasteiger partial charge in [-0.1, -0.05) is 0 Å². The predicted octanol–water partition coefficient (Wildman–Crippen LogP) is 0.953. The molecule has 1 rings (SSSR count). The molecule has 72 valence electrons. The van der Waals surface area contributed by atoms with Gasteiger partial charge in [0, 0.05) is 13.2 Å². The van der Waals surface area contributed by atoms with E-state index in [0.29, 0.717) is 25.7 Å². The molecule has 2 atom stereocenters. The molecule has 0 aromatic heterocycles. The van der Waals surface area contributed by atoms with Crippen molar-refractivity contribution in [2.75, 3.05) is 19.8 Å². The summed E-state index contributed by atoms with van der Waals surface area (Å²) in [7, 11) is 0. The first-order chi connectivity index (χ1) is 5.79. The fraction of sp³-hybridized carbons (Fsp3) is 1.00. The van der Waals surface area contributed by atoms with Crippen molar-refractivity contribution in [3.8, 4) is 0 Å². The molecule has 0 aromatic carbocycles. The molecule has 3 nitrogen and oxygen atoms in total. The highest BCUT2D eigenvalue weighted by molar-refractivity contribution is 4.63. The van der Waals surface area contributed by atoms with Crippen molar-refractivity contribution in [2.45, 2.75) is 38.4 Å². The van der Waals surface area contributed by atoms with E-state index in [1.165, 1.54) is 0 Å². The van der Waals surface area contributed by atoms with Crippen LogP contribution < -0.4 is 0 Å².